The topological polar surface area (TPSA) is 56.2 Å². The van der Waals surface area contributed by atoms with Crippen LogP contribution >= 0.6 is 11.6 Å². The number of benzene rings is 1. The molecule has 2 rings (SSSR count). The van der Waals surface area contributed by atoms with Crippen molar-refractivity contribution in [2.24, 2.45) is 5.92 Å². The third-order valence-corrected chi connectivity index (χ3v) is 5.15. The van der Waals surface area contributed by atoms with Gasteiger partial charge in [0, 0.05) is 38.8 Å². The summed E-state index contributed by atoms with van der Waals surface area (Å²) in [6.07, 6.45) is 1.99. The number of nitrogens with zero attached hydrogens (tertiary/aromatic N) is 2. The zero-order valence-corrected chi connectivity index (χ0v) is 16.3. The molecule has 1 atom stereocenters. The van der Waals surface area contributed by atoms with E-state index >= 15 is 0 Å². The molecule has 1 saturated heterocycles. The number of aliphatic hydroxyl groups excluding tert-OH is 1. The first kappa shape index (κ1) is 20.3. The van der Waals surface area contributed by atoms with E-state index in [1.54, 1.807) is 6.07 Å². The Morgan fingerprint density at radius 3 is 2.72 bits per heavy atom. The van der Waals surface area contributed by atoms with Gasteiger partial charge in [-0.1, -0.05) is 25.4 Å². The highest BCUT2D eigenvalue weighted by Gasteiger charge is 2.26. The minimum absolute atomic E-state index is 0.00965. The molecule has 1 aliphatic heterocycles. The highest BCUT2D eigenvalue weighted by atomic mass is 35.5. The van der Waals surface area contributed by atoms with Gasteiger partial charge in [0.05, 0.1) is 12.1 Å². The molecular weight excluding hydrogens is 340 g/mol. The summed E-state index contributed by atoms with van der Waals surface area (Å²) >= 11 is 6.10. The third-order valence-electron chi connectivity index (χ3n) is 4.86. The van der Waals surface area contributed by atoms with E-state index in [2.05, 4.69) is 23.6 Å². The first-order valence-corrected chi connectivity index (χ1v) is 9.45. The van der Waals surface area contributed by atoms with Crippen LogP contribution in [0.2, 0.25) is 5.02 Å². The van der Waals surface area contributed by atoms with Gasteiger partial charge in [0.15, 0.2) is 11.5 Å². The highest BCUT2D eigenvalue weighted by Crippen LogP contribution is 2.35. The second-order valence-electron chi connectivity index (χ2n) is 7.25. The van der Waals surface area contributed by atoms with E-state index in [1.807, 2.05) is 6.07 Å². The summed E-state index contributed by atoms with van der Waals surface area (Å²) < 4.78 is 5.19. The molecule has 6 heteroatoms. The Morgan fingerprint density at radius 2 is 2.08 bits per heavy atom. The summed E-state index contributed by atoms with van der Waals surface area (Å²) in [5.41, 5.74) is 1.03. The average Bonchev–Trinajstić information content (AvgIpc) is 2.57. The van der Waals surface area contributed by atoms with E-state index in [9.17, 15) is 10.2 Å². The summed E-state index contributed by atoms with van der Waals surface area (Å²) in [5, 5.41) is 19.6. The average molecular weight is 371 g/mol. The minimum Gasteiger partial charge on any atom is -0.503 e. The molecule has 5 nitrogen and oxygen atoms in total. The molecule has 0 aliphatic carbocycles. The summed E-state index contributed by atoms with van der Waals surface area (Å²) in [6.45, 7) is 9.50. The first-order valence-electron chi connectivity index (χ1n) is 9.07. The second-order valence-corrected chi connectivity index (χ2v) is 7.66. The summed E-state index contributed by atoms with van der Waals surface area (Å²) in [5.74, 6) is 1.09. The van der Waals surface area contributed by atoms with Crippen molar-refractivity contribution in [1.82, 2.24) is 9.80 Å². The summed E-state index contributed by atoms with van der Waals surface area (Å²) in [7, 11) is 1.53. The molecule has 25 heavy (non-hydrogen) atoms. The fourth-order valence-corrected chi connectivity index (χ4v) is 3.61. The Bertz CT molecular complexity index is 554. The molecular formula is C19H31ClN2O3. The number of ether oxygens (including phenoxy) is 1. The standard InChI is InChI=1S/C19H31ClN2O3/c1-14(2)4-6-22-8-7-21(13-16(22)5-9-23)12-15-10-17(20)19(24)18(11-15)25-3/h10-11,14,16,23-24H,4-9,12-13H2,1-3H3/t16-/m1/s1. The Balaban J connectivity index is 2.01. The van der Waals surface area contributed by atoms with Crippen molar-refractivity contribution >= 4 is 11.6 Å². The molecule has 0 amide bonds. The predicted octanol–water partition coefficient (Wildman–Crippen LogP) is 2.97. The number of rotatable bonds is 8. The predicted molar refractivity (Wildman–Crippen MR) is 101 cm³/mol. The molecule has 0 radical (unpaired) electrons. The second kappa shape index (κ2) is 9.62. The monoisotopic (exact) mass is 370 g/mol. The minimum atomic E-state index is -0.00965. The largest absolute Gasteiger partial charge is 0.503 e. The van der Waals surface area contributed by atoms with Crippen molar-refractivity contribution in [2.45, 2.75) is 39.3 Å². The zero-order chi connectivity index (χ0) is 18.4. The molecule has 2 N–H and O–H groups in total. The van der Waals surface area contributed by atoms with Gasteiger partial charge in [-0.15, -0.1) is 0 Å². The van der Waals surface area contributed by atoms with Gasteiger partial charge in [0.2, 0.25) is 0 Å². The van der Waals surface area contributed by atoms with Crippen LogP contribution < -0.4 is 4.74 Å². The quantitative estimate of drug-likeness (QED) is 0.736. The lowest BCUT2D eigenvalue weighted by atomic mass is 10.0. The number of hydrogen-bond donors (Lipinski definition) is 2. The highest BCUT2D eigenvalue weighted by molar-refractivity contribution is 6.32. The molecule has 1 aliphatic rings. The van der Waals surface area contributed by atoms with Crippen molar-refractivity contribution in [1.29, 1.82) is 0 Å². The van der Waals surface area contributed by atoms with E-state index in [4.69, 9.17) is 16.3 Å². The number of halogens is 1. The van der Waals surface area contributed by atoms with Crippen LogP contribution in [0.1, 0.15) is 32.3 Å². The molecule has 0 spiro atoms. The number of hydrogen-bond acceptors (Lipinski definition) is 5. The van der Waals surface area contributed by atoms with Gasteiger partial charge < -0.3 is 14.9 Å². The first-order chi connectivity index (χ1) is 11.9. The molecule has 1 aromatic rings. The molecule has 0 aromatic heterocycles. The lowest BCUT2D eigenvalue weighted by Gasteiger charge is -2.41. The fourth-order valence-electron chi connectivity index (χ4n) is 3.37. The summed E-state index contributed by atoms with van der Waals surface area (Å²) in [4.78, 5) is 4.89. The van der Waals surface area contributed by atoms with Crippen LogP contribution in [0.5, 0.6) is 11.5 Å². The number of aromatic hydroxyl groups is 1. The van der Waals surface area contributed by atoms with Crippen LogP contribution in [0.15, 0.2) is 12.1 Å². The Labute approximate surface area is 156 Å². The van der Waals surface area contributed by atoms with E-state index < -0.39 is 0 Å². The smallest absolute Gasteiger partial charge is 0.176 e. The van der Waals surface area contributed by atoms with Crippen LogP contribution in [0.3, 0.4) is 0 Å². The molecule has 142 valence electrons. The maximum atomic E-state index is 9.87. The number of methoxy groups -OCH3 is 1. The molecule has 0 bridgehead atoms. The Morgan fingerprint density at radius 1 is 1.32 bits per heavy atom. The van der Waals surface area contributed by atoms with Gasteiger partial charge in [-0.25, -0.2) is 0 Å². The molecule has 0 saturated carbocycles. The van der Waals surface area contributed by atoms with Crippen LogP contribution in [-0.2, 0) is 6.54 Å². The van der Waals surface area contributed by atoms with Crippen molar-refractivity contribution in [2.75, 3.05) is 39.9 Å². The van der Waals surface area contributed by atoms with Gasteiger partial charge in [0.25, 0.3) is 0 Å². The maximum Gasteiger partial charge on any atom is 0.176 e. The third kappa shape index (κ3) is 5.74. The van der Waals surface area contributed by atoms with Gasteiger partial charge in [-0.05, 0) is 43.0 Å². The van der Waals surface area contributed by atoms with Crippen LogP contribution in [0.25, 0.3) is 0 Å². The molecule has 0 unspecified atom stereocenters. The lowest BCUT2D eigenvalue weighted by Crippen LogP contribution is -2.53. The Kier molecular flexibility index (Phi) is 7.81. The van der Waals surface area contributed by atoms with E-state index in [0.717, 1.165) is 44.7 Å². The Hall–Kier alpha value is -1.01. The molecule has 1 fully saturated rings. The zero-order valence-electron chi connectivity index (χ0n) is 15.5. The van der Waals surface area contributed by atoms with Gasteiger partial charge in [-0.3, -0.25) is 9.80 Å². The van der Waals surface area contributed by atoms with Crippen molar-refractivity contribution < 1.29 is 14.9 Å². The van der Waals surface area contributed by atoms with Crippen molar-refractivity contribution in [3.05, 3.63) is 22.7 Å². The summed E-state index contributed by atoms with van der Waals surface area (Å²) in [6, 6.07) is 4.02. The van der Waals surface area contributed by atoms with E-state index in [-0.39, 0.29) is 12.4 Å². The van der Waals surface area contributed by atoms with E-state index in [0.29, 0.717) is 22.7 Å². The molecule has 1 aromatic carbocycles. The number of phenols is 1. The maximum absolute atomic E-state index is 9.87. The van der Waals surface area contributed by atoms with Crippen LogP contribution in [0, 0.1) is 5.92 Å². The molecule has 1 heterocycles. The van der Waals surface area contributed by atoms with Crippen molar-refractivity contribution in [3.8, 4) is 11.5 Å². The van der Waals surface area contributed by atoms with Gasteiger partial charge in [-0.2, -0.15) is 0 Å². The van der Waals surface area contributed by atoms with Crippen LogP contribution in [-0.4, -0.2) is 66.0 Å². The lowest BCUT2D eigenvalue weighted by molar-refractivity contribution is 0.0523. The van der Waals surface area contributed by atoms with E-state index in [1.165, 1.54) is 13.5 Å². The number of piperazine rings is 1. The van der Waals surface area contributed by atoms with Crippen molar-refractivity contribution in [3.63, 3.8) is 0 Å². The number of phenolic OH excluding ortho intramolecular Hbond substituents is 1. The fraction of sp³-hybridized carbons (Fsp3) is 0.684. The normalized spacial score (nSPS) is 19.5. The number of aliphatic hydroxyl groups is 1. The van der Waals surface area contributed by atoms with Gasteiger partial charge >= 0.3 is 0 Å². The van der Waals surface area contributed by atoms with Crippen LogP contribution in [0.4, 0.5) is 0 Å². The van der Waals surface area contributed by atoms with Gasteiger partial charge in [0.1, 0.15) is 0 Å². The SMILES string of the molecule is COc1cc(CN2CCN(CCC(C)C)[C@H](CCO)C2)cc(Cl)c1O.